The van der Waals surface area contributed by atoms with E-state index in [1.807, 2.05) is 13.8 Å². The van der Waals surface area contributed by atoms with Gasteiger partial charge in [0, 0.05) is 6.42 Å². The third kappa shape index (κ3) is 2.96. The first-order valence-electron chi connectivity index (χ1n) is 7.53. The molecule has 0 saturated heterocycles. The van der Waals surface area contributed by atoms with Crippen LogP contribution in [0.4, 0.5) is 0 Å². The normalized spacial score (nSPS) is 16.6. The highest BCUT2D eigenvalue weighted by Crippen LogP contribution is 2.41. The summed E-state index contributed by atoms with van der Waals surface area (Å²) in [7, 11) is -3.10. The zero-order valence-electron chi connectivity index (χ0n) is 13.9. The van der Waals surface area contributed by atoms with Crippen LogP contribution in [0.15, 0.2) is 28.5 Å². The smallest absolute Gasteiger partial charge is 0.349 e. The maximum atomic E-state index is 12.6. The van der Waals surface area contributed by atoms with E-state index in [4.69, 9.17) is 4.18 Å². The number of aryl methyl sites for hydroxylation is 1. The van der Waals surface area contributed by atoms with Crippen molar-refractivity contribution in [3.8, 4) is 5.75 Å². The van der Waals surface area contributed by atoms with Crippen LogP contribution < -0.4 is 4.18 Å². The van der Waals surface area contributed by atoms with Gasteiger partial charge in [-0.25, -0.2) is 4.79 Å². The monoisotopic (exact) mass is 380 g/mol. The summed E-state index contributed by atoms with van der Waals surface area (Å²) in [4.78, 5) is 23.7. The molecule has 0 saturated carbocycles. The molecule has 0 aliphatic heterocycles. The van der Waals surface area contributed by atoms with E-state index in [1.165, 1.54) is 24.6 Å². The number of esters is 1. The van der Waals surface area contributed by atoms with Gasteiger partial charge >= 0.3 is 16.1 Å². The number of ether oxygens (including phenoxy) is 1. The quantitative estimate of drug-likeness (QED) is 0.597. The Balaban J connectivity index is 2.06. The van der Waals surface area contributed by atoms with Crippen LogP contribution in [0, 0.1) is 6.92 Å². The predicted molar refractivity (Wildman–Crippen MR) is 92.0 cm³/mol. The Labute approximate surface area is 149 Å². The van der Waals surface area contributed by atoms with Crippen LogP contribution in [-0.4, -0.2) is 27.3 Å². The first-order valence-corrected chi connectivity index (χ1v) is 9.82. The van der Waals surface area contributed by atoms with Gasteiger partial charge in [-0.1, -0.05) is 13.0 Å². The molecule has 6 nitrogen and oxygen atoms in total. The van der Waals surface area contributed by atoms with E-state index in [2.05, 4.69) is 4.74 Å². The van der Waals surface area contributed by atoms with Crippen LogP contribution in [0.1, 0.15) is 50.4 Å². The summed E-state index contributed by atoms with van der Waals surface area (Å²) in [6.07, 6.45) is 0.322. The van der Waals surface area contributed by atoms with Crippen LogP contribution in [0.2, 0.25) is 0 Å². The number of rotatable bonds is 4. The van der Waals surface area contributed by atoms with Gasteiger partial charge in [-0.15, -0.1) is 11.3 Å². The van der Waals surface area contributed by atoms with Gasteiger partial charge < -0.3 is 8.92 Å². The minimum Gasteiger partial charge on any atom is -0.465 e. The number of carbonyl (C=O) groups excluding carboxylic acids is 2. The van der Waals surface area contributed by atoms with E-state index < -0.39 is 16.1 Å². The van der Waals surface area contributed by atoms with Crippen molar-refractivity contribution in [1.82, 2.24) is 0 Å². The molecule has 2 aromatic rings. The van der Waals surface area contributed by atoms with E-state index in [-0.39, 0.29) is 27.2 Å². The molecule has 0 fully saturated rings. The van der Waals surface area contributed by atoms with Crippen molar-refractivity contribution in [2.24, 2.45) is 0 Å². The molecular formula is C17H16O6S2. The van der Waals surface area contributed by atoms with Crippen LogP contribution in [0.5, 0.6) is 5.75 Å². The van der Waals surface area contributed by atoms with Crippen molar-refractivity contribution in [1.29, 1.82) is 0 Å². The van der Waals surface area contributed by atoms with Gasteiger partial charge in [0.1, 0.15) is 9.77 Å². The summed E-state index contributed by atoms with van der Waals surface area (Å²) < 4.78 is 35.1. The highest BCUT2D eigenvalue weighted by molar-refractivity contribution is 7.87. The van der Waals surface area contributed by atoms with Crippen LogP contribution >= 0.6 is 11.3 Å². The lowest BCUT2D eigenvalue weighted by molar-refractivity contribution is 0.0602. The zero-order valence-corrected chi connectivity index (χ0v) is 15.5. The minimum atomic E-state index is -4.27. The number of fused-ring (bicyclic) bond motifs is 1. The van der Waals surface area contributed by atoms with Gasteiger partial charge in [0.15, 0.2) is 11.5 Å². The van der Waals surface area contributed by atoms with Crippen molar-refractivity contribution in [3.63, 3.8) is 0 Å². The molecule has 1 aliphatic carbocycles. The molecule has 8 heteroatoms. The molecule has 0 radical (unpaired) electrons. The number of hydrogen-bond donors (Lipinski definition) is 0. The summed E-state index contributed by atoms with van der Waals surface area (Å²) in [6, 6.07) is 4.49. The van der Waals surface area contributed by atoms with E-state index in [1.54, 1.807) is 6.07 Å². The molecule has 3 rings (SSSR count). The van der Waals surface area contributed by atoms with Crippen LogP contribution in [0.3, 0.4) is 0 Å². The van der Waals surface area contributed by atoms with Crippen molar-refractivity contribution in [2.45, 2.75) is 31.1 Å². The number of hydrogen-bond acceptors (Lipinski definition) is 7. The van der Waals surface area contributed by atoms with Crippen molar-refractivity contribution < 1.29 is 26.9 Å². The summed E-state index contributed by atoms with van der Waals surface area (Å²) in [6.45, 7) is 3.80. The van der Waals surface area contributed by atoms with Gasteiger partial charge in [0.05, 0.1) is 12.7 Å². The molecule has 1 unspecified atom stereocenters. The maximum Gasteiger partial charge on any atom is 0.349 e. The van der Waals surface area contributed by atoms with E-state index in [0.29, 0.717) is 12.0 Å². The Kier molecular flexibility index (Phi) is 4.42. The van der Waals surface area contributed by atoms with Gasteiger partial charge in [-0.3, -0.25) is 4.79 Å². The Morgan fingerprint density at radius 1 is 1.28 bits per heavy atom. The Morgan fingerprint density at radius 3 is 2.68 bits per heavy atom. The molecule has 0 N–H and O–H groups in total. The van der Waals surface area contributed by atoms with E-state index >= 15 is 0 Å². The molecule has 0 spiro atoms. The Morgan fingerprint density at radius 2 is 2.00 bits per heavy atom. The molecule has 1 heterocycles. The lowest BCUT2D eigenvalue weighted by Gasteiger charge is -2.13. The fraction of sp³-hybridized carbons (Fsp3) is 0.294. The summed E-state index contributed by atoms with van der Waals surface area (Å²) in [5, 5.41) is 1.47. The molecule has 0 amide bonds. The average Bonchev–Trinajstić information content (AvgIpc) is 3.15. The van der Waals surface area contributed by atoms with Gasteiger partial charge in [0.25, 0.3) is 0 Å². The maximum absolute atomic E-state index is 12.6. The van der Waals surface area contributed by atoms with Gasteiger partial charge in [-0.2, -0.15) is 8.42 Å². The minimum absolute atomic E-state index is 0.00281. The SMILES string of the molecule is COC(=O)c1sccc1S(=O)(=O)Oc1ccc(C)c2c1C(=O)CC2C. The van der Waals surface area contributed by atoms with Crippen LogP contribution in [0.25, 0.3) is 0 Å². The number of Topliss-reactive ketones (excluding diaryl/α,β-unsaturated/α-hetero) is 1. The second kappa shape index (κ2) is 6.27. The summed E-state index contributed by atoms with van der Waals surface area (Å²) in [5.41, 5.74) is 2.05. The molecule has 1 aromatic carbocycles. The number of thiophene rings is 1. The molecule has 1 aliphatic rings. The fourth-order valence-corrected chi connectivity index (χ4v) is 5.33. The van der Waals surface area contributed by atoms with E-state index in [0.717, 1.165) is 22.5 Å². The number of benzene rings is 1. The zero-order chi connectivity index (χ0) is 18.4. The summed E-state index contributed by atoms with van der Waals surface area (Å²) in [5.74, 6) is -0.886. The second-order valence-electron chi connectivity index (χ2n) is 5.84. The predicted octanol–water partition coefficient (Wildman–Crippen LogP) is 3.30. The molecule has 132 valence electrons. The van der Waals surface area contributed by atoms with Gasteiger partial charge in [0.2, 0.25) is 0 Å². The lowest BCUT2D eigenvalue weighted by Crippen LogP contribution is -2.15. The molecular weight excluding hydrogens is 364 g/mol. The van der Waals surface area contributed by atoms with E-state index in [9.17, 15) is 18.0 Å². The number of methoxy groups -OCH3 is 1. The van der Waals surface area contributed by atoms with Crippen molar-refractivity contribution in [3.05, 3.63) is 45.1 Å². The molecule has 0 bridgehead atoms. The fourth-order valence-electron chi connectivity index (χ4n) is 3.08. The third-order valence-corrected chi connectivity index (χ3v) is 6.46. The first kappa shape index (κ1) is 17.6. The standard InChI is InChI=1S/C17H16O6S2/c1-9-4-5-12(15-11(18)8-10(2)14(9)15)23-25(20,21)13-6-7-24-16(13)17(19)22-3/h4-7,10H,8H2,1-3H3. The molecule has 1 atom stereocenters. The highest BCUT2D eigenvalue weighted by Gasteiger charge is 2.34. The topological polar surface area (TPSA) is 86.7 Å². The average molecular weight is 380 g/mol. The molecule has 1 aromatic heterocycles. The number of carbonyl (C=O) groups is 2. The second-order valence-corrected chi connectivity index (χ2v) is 8.27. The van der Waals surface area contributed by atoms with Crippen molar-refractivity contribution in [2.75, 3.05) is 7.11 Å². The Bertz CT molecular complexity index is 971. The first-order chi connectivity index (χ1) is 11.8. The Hall–Kier alpha value is -2.19. The molecule has 25 heavy (non-hydrogen) atoms. The van der Waals surface area contributed by atoms with Gasteiger partial charge in [-0.05, 0) is 41.5 Å². The largest absolute Gasteiger partial charge is 0.465 e. The lowest BCUT2D eigenvalue weighted by atomic mass is 9.98. The highest BCUT2D eigenvalue weighted by atomic mass is 32.2. The third-order valence-electron chi connectivity index (χ3n) is 4.16. The van der Waals surface area contributed by atoms with Crippen molar-refractivity contribution >= 4 is 33.2 Å². The number of ketones is 1. The summed E-state index contributed by atoms with van der Waals surface area (Å²) >= 11 is 0.948. The van der Waals surface area contributed by atoms with Crippen LogP contribution in [-0.2, 0) is 14.9 Å².